The van der Waals surface area contributed by atoms with Crippen LogP contribution in [0.2, 0.25) is 0 Å². The molecule has 2 heterocycles. The van der Waals surface area contributed by atoms with Crippen LogP contribution in [0.3, 0.4) is 0 Å². The molecule has 7 heteroatoms. The fourth-order valence-corrected chi connectivity index (χ4v) is 2.51. The summed E-state index contributed by atoms with van der Waals surface area (Å²) in [6, 6.07) is 0.0429. The van der Waals surface area contributed by atoms with Crippen molar-refractivity contribution in [2.75, 3.05) is 38.6 Å². The van der Waals surface area contributed by atoms with Crippen molar-refractivity contribution in [3.63, 3.8) is 0 Å². The molecule has 0 radical (unpaired) electrons. The SMILES string of the molecule is CCCc1[nH]nc(C(=O)NC(C)CN2CCOCC2)c1N. The minimum atomic E-state index is -0.216. The maximum absolute atomic E-state index is 12.2. The number of amides is 1. The summed E-state index contributed by atoms with van der Waals surface area (Å²) in [7, 11) is 0. The minimum absolute atomic E-state index is 0.0429. The van der Waals surface area contributed by atoms with E-state index in [2.05, 4.69) is 27.3 Å². The first-order chi connectivity index (χ1) is 10.1. The minimum Gasteiger partial charge on any atom is -0.395 e. The van der Waals surface area contributed by atoms with Gasteiger partial charge in [0.05, 0.1) is 24.6 Å². The van der Waals surface area contributed by atoms with Crippen LogP contribution in [0, 0.1) is 0 Å². The predicted molar refractivity (Wildman–Crippen MR) is 81.2 cm³/mol. The van der Waals surface area contributed by atoms with Crippen molar-refractivity contribution >= 4 is 11.6 Å². The van der Waals surface area contributed by atoms with E-state index in [1.165, 1.54) is 0 Å². The molecule has 1 fully saturated rings. The van der Waals surface area contributed by atoms with Crippen LogP contribution in [0.5, 0.6) is 0 Å². The summed E-state index contributed by atoms with van der Waals surface area (Å²) >= 11 is 0. The lowest BCUT2D eigenvalue weighted by Crippen LogP contribution is -2.46. The van der Waals surface area contributed by atoms with Gasteiger partial charge in [0.25, 0.3) is 5.91 Å². The number of rotatable bonds is 6. The first-order valence-electron chi connectivity index (χ1n) is 7.55. The van der Waals surface area contributed by atoms with Gasteiger partial charge in [-0.2, -0.15) is 5.10 Å². The van der Waals surface area contributed by atoms with Gasteiger partial charge >= 0.3 is 0 Å². The highest BCUT2D eigenvalue weighted by Gasteiger charge is 2.20. The topological polar surface area (TPSA) is 96.3 Å². The number of aromatic nitrogens is 2. The molecule has 1 aliphatic heterocycles. The lowest BCUT2D eigenvalue weighted by molar-refractivity contribution is 0.0342. The Labute approximate surface area is 125 Å². The Morgan fingerprint density at radius 3 is 2.90 bits per heavy atom. The summed E-state index contributed by atoms with van der Waals surface area (Å²) < 4.78 is 5.31. The number of nitrogen functional groups attached to an aromatic ring is 1. The third-order valence-electron chi connectivity index (χ3n) is 3.61. The number of aryl methyl sites for hydroxylation is 1. The molecular formula is C14H25N5O2. The van der Waals surface area contributed by atoms with E-state index in [0.29, 0.717) is 11.4 Å². The Morgan fingerprint density at radius 2 is 2.24 bits per heavy atom. The molecule has 1 aliphatic rings. The summed E-state index contributed by atoms with van der Waals surface area (Å²) in [5.74, 6) is -0.216. The average Bonchev–Trinajstić information content (AvgIpc) is 2.82. The third kappa shape index (κ3) is 4.18. The maximum Gasteiger partial charge on any atom is 0.274 e. The first kappa shape index (κ1) is 15.8. The third-order valence-corrected chi connectivity index (χ3v) is 3.61. The molecule has 0 spiro atoms. The first-order valence-corrected chi connectivity index (χ1v) is 7.55. The van der Waals surface area contributed by atoms with Gasteiger partial charge in [0.15, 0.2) is 5.69 Å². The van der Waals surface area contributed by atoms with Crippen molar-refractivity contribution < 1.29 is 9.53 Å². The number of anilines is 1. The number of nitrogens with zero attached hydrogens (tertiary/aromatic N) is 2. The highest BCUT2D eigenvalue weighted by molar-refractivity contribution is 5.97. The zero-order valence-corrected chi connectivity index (χ0v) is 12.8. The summed E-state index contributed by atoms with van der Waals surface area (Å²) in [5.41, 5.74) is 7.57. The molecule has 1 unspecified atom stereocenters. The highest BCUT2D eigenvalue weighted by atomic mass is 16.5. The van der Waals surface area contributed by atoms with E-state index in [-0.39, 0.29) is 11.9 Å². The Balaban J connectivity index is 1.88. The van der Waals surface area contributed by atoms with Gasteiger partial charge in [0.1, 0.15) is 0 Å². The summed E-state index contributed by atoms with van der Waals surface area (Å²) in [5, 5.41) is 9.84. The van der Waals surface area contributed by atoms with Gasteiger partial charge < -0.3 is 15.8 Å². The van der Waals surface area contributed by atoms with Crippen molar-refractivity contribution in [1.82, 2.24) is 20.4 Å². The van der Waals surface area contributed by atoms with Crippen LogP contribution in [-0.4, -0.2) is 59.9 Å². The Hall–Kier alpha value is -1.60. The van der Waals surface area contributed by atoms with E-state index in [1.54, 1.807) is 0 Å². The Morgan fingerprint density at radius 1 is 1.52 bits per heavy atom. The molecular weight excluding hydrogens is 270 g/mol. The fourth-order valence-electron chi connectivity index (χ4n) is 2.51. The van der Waals surface area contributed by atoms with Gasteiger partial charge in [0.2, 0.25) is 0 Å². The standard InChI is InChI=1S/C14H25N5O2/c1-3-4-11-12(15)13(18-17-11)14(20)16-10(2)9-19-5-7-21-8-6-19/h10H,3-9,15H2,1-2H3,(H,16,20)(H,17,18). The van der Waals surface area contributed by atoms with Crippen LogP contribution in [-0.2, 0) is 11.2 Å². The number of H-pyrrole nitrogens is 1. The number of hydrogen-bond acceptors (Lipinski definition) is 5. The molecule has 1 saturated heterocycles. The molecule has 0 aliphatic carbocycles. The van der Waals surface area contributed by atoms with Crippen LogP contribution in [0.1, 0.15) is 36.5 Å². The van der Waals surface area contributed by atoms with Gasteiger partial charge in [-0.1, -0.05) is 13.3 Å². The summed E-state index contributed by atoms with van der Waals surface area (Å²) in [6.45, 7) is 8.19. The molecule has 1 aromatic heterocycles. The van der Waals surface area contributed by atoms with E-state index >= 15 is 0 Å². The van der Waals surface area contributed by atoms with Crippen LogP contribution in [0.25, 0.3) is 0 Å². The van der Waals surface area contributed by atoms with Crippen molar-refractivity contribution in [3.05, 3.63) is 11.4 Å². The van der Waals surface area contributed by atoms with Gasteiger partial charge in [0, 0.05) is 25.7 Å². The smallest absolute Gasteiger partial charge is 0.274 e. The summed E-state index contributed by atoms with van der Waals surface area (Å²) in [4.78, 5) is 14.5. The molecule has 118 valence electrons. The van der Waals surface area contributed by atoms with Crippen LogP contribution < -0.4 is 11.1 Å². The zero-order valence-electron chi connectivity index (χ0n) is 12.8. The van der Waals surface area contributed by atoms with E-state index < -0.39 is 0 Å². The number of carbonyl (C=O) groups is 1. The van der Waals surface area contributed by atoms with Gasteiger partial charge in [-0.3, -0.25) is 14.8 Å². The molecule has 2 rings (SSSR count). The van der Waals surface area contributed by atoms with Crippen molar-refractivity contribution in [2.45, 2.75) is 32.7 Å². The largest absolute Gasteiger partial charge is 0.395 e. The molecule has 1 aromatic rings. The quantitative estimate of drug-likeness (QED) is 0.706. The number of aromatic amines is 1. The molecule has 0 bridgehead atoms. The fraction of sp³-hybridized carbons (Fsp3) is 0.714. The van der Waals surface area contributed by atoms with Gasteiger partial charge in [-0.05, 0) is 13.3 Å². The second-order valence-electron chi connectivity index (χ2n) is 5.50. The van der Waals surface area contributed by atoms with Crippen molar-refractivity contribution in [1.29, 1.82) is 0 Å². The normalized spacial score (nSPS) is 17.6. The number of ether oxygens (including phenoxy) is 1. The Kier molecular flexibility index (Phi) is 5.58. The molecule has 21 heavy (non-hydrogen) atoms. The molecule has 0 saturated carbocycles. The molecule has 7 nitrogen and oxygen atoms in total. The molecule has 0 aromatic carbocycles. The van der Waals surface area contributed by atoms with E-state index in [0.717, 1.165) is 51.4 Å². The second-order valence-corrected chi connectivity index (χ2v) is 5.50. The molecule has 1 amide bonds. The van der Waals surface area contributed by atoms with Crippen LogP contribution in [0.15, 0.2) is 0 Å². The predicted octanol–water partition coefficient (Wildman–Crippen LogP) is 0.395. The van der Waals surface area contributed by atoms with Gasteiger partial charge in [-0.15, -0.1) is 0 Å². The van der Waals surface area contributed by atoms with E-state index in [1.807, 2.05) is 6.92 Å². The number of nitrogens with two attached hydrogens (primary N) is 1. The lowest BCUT2D eigenvalue weighted by Gasteiger charge is -2.29. The molecule has 1 atom stereocenters. The zero-order chi connectivity index (χ0) is 15.2. The average molecular weight is 295 g/mol. The van der Waals surface area contributed by atoms with E-state index in [4.69, 9.17) is 10.5 Å². The van der Waals surface area contributed by atoms with Crippen molar-refractivity contribution in [2.24, 2.45) is 0 Å². The number of hydrogen-bond donors (Lipinski definition) is 3. The monoisotopic (exact) mass is 295 g/mol. The Bertz CT molecular complexity index is 468. The maximum atomic E-state index is 12.2. The highest BCUT2D eigenvalue weighted by Crippen LogP contribution is 2.15. The van der Waals surface area contributed by atoms with E-state index in [9.17, 15) is 4.79 Å². The number of morpholine rings is 1. The lowest BCUT2D eigenvalue weighted by atomic mass is 10.2. The van der Waals surface area contributed by atoms with Crippen LogP contribution >= 0.6 is 0 Å². The van der Waals surface area contributed by atoms with Crippen molar-refractivity contribution in [3.8, 4) is 0 Å². The number of nitrogens with one attached hydrogen (secondary N) is 2. The van der Waals surface area contributed by atoms with Gasteiger partial charge in [-0.25, -0.2) is 0 Å². The second kappa shape index (κ2) is 7.42. The summed E-state index contributed by atoms with van der Waals surface area (Å²) in [6.07, 6.45) is 1.76. The number of carbonyl (C=O) groups excluding carboxylic acids is 1. The molecule has 4 N–H and O–H groups in total. The van der Waals surface area contributed by atoms with Crippen LogP contribution in [0.4, 0.5) is 5.69 Å².